The van der Waals surface area contributed by atoms with Gasteiger partial charge in [-0.3, -0.25) is 4.90 Å². The molecular formula is C15H24N2O3S2. The van der Waals surface area contributed by atoms with Crippen molar-refractivity contribution in [1.29, 1.82) is 0 Å². The third-order valence-corrected chi connectivity index (χ3v) is 7.25. The van der Waals surface area contributed by atoms with Gasteiger partial charge in [-0.1, -0.05) is 6.92 Å². The molecule has 5 nitrogen and oxygen atoms in total. The number of rotatable bonds is 6. The zero-order chi connectivity index (χ0) is 15.6. The highest BCUT2D eigenvalue weighted by atomic mass is 32.2. The Morgan fingerprint density at radius 3 is 2.91 bits per heavy atom. The molecule has 22 heavy (non-hydrogen) atoms. The molecular weight excluding hydrogens is 320 g/mol. The average Bonchev–Trinajstić information content (AvgIpc) is 3.19. The number of ether oxygens (including phenoxy) is 1. The number of sulfone groups is 1. The molecule has 2 saturated heterocycles. The second-order valence-electron chi connectivity index (χ2n) is 6.21. The quantitative estimate of drug-likeness (QED) is 0.788. The predicted octanol–water partition coefficient (Wildman–Crippen LogP) is 1.87. The summed E-state index contributed by atoms with van der Waals surface area (Å²) in [5.41, 5.74) is 1.06. The van der Waals surface area contributed by atoms with E-state index in [2.05, 4.69) is 22.2 Å². The van der Waals surface area contributed by atoms with Crippen molar-refractivity contribution in [3.05, 3.63) is 16.1 Å². The molecule has 1 aromatic rings. The molecule has 0 spiro atoms. The Kier molecular flexibility index (Phi) is 5.17. The van der Waals surface area contributed by atoms with Crippen LogP contribution in [0, 0.1) is 0 Å². The number of thiazole rings is 1. The van der Waals surface area contributed by atoms with Gasteiger partial charge in [0.15, 0.2) is 9.84 Å². The van der Waals surface area contributed by atoms with Crippen molar-refractivity contribution < 1.29 is 13.2 Å². The maximum atomic E-state index is 11.8. The van der Waals surface area contributed by atoms with Crippen LogP contribution in [-0.4, -0.2) is 55.1 Å². The molecule has 0 radical (unpaired) electrons. The van der Waals surface area contributed by atoms with Crippen LogP contribution in [0.4, 0.5) is 0 Å². The summed E-state index contributed by atoms with van der Waals surface area (Å²) in [5.74, 6) is 0.599. The van der Waals surface area contributed by atoms with Gasteiger partial charge in [0.1, 0.15) is 0 Å². The number of hydrogen-bond acceptors (Lipinski definition) is 6. The molecule has 3 heterocycles. The average molecular weight is 345 g/mol. The first-order valence-electron chi connectivity index (χ1n) is 8.05. The van der Waals surface area contributed by atoms with Crippen LogP contribution in [0.1, 0.15) is 36.9 Å². The van der Waals surface area contributed by atoms with Crippen LogP contribution in [0.3, 0.4) is 0 Å². The minimum atomic E-state index is -2.87. The van der Waals surface area contributed by atoms with Crippen molar-refractivity contribution in [2.75, 3.05) is 24.7 Å². The van der Waals surface area contributed by atoms with Gasteiger partial charge in [0.2, 0.25) is 0 Å². The fourth-order valence-corrected chi connectivity index (χ4v) is 5.75. The van der Waals surface area contributed by atoms with Gasteiger partial charge in [-0.15, -0.1) is 11.3 Å². The molecule has 0 bridgehead atoms. The molecule has 7 heteroatoms. The largest absolute Gasteiger partial charge is 0.377 e. The molecule has 0 aromatic carbocycles. The second kappa shape index (κ2) is 6.95. The monoisotopic (exact) mass is 344 g/mol. The van der Waals surface area contributed by atoms with Gasteiger partial charge in [0.05, 0.1) is 28.3 Å². The van der Waals surface area contributed by atoms with Crippen LogP contribution in [0.2, 0.25) is 0 Å². The molecule has 2 aliphatic heterocycles. The van der Waals surface area contributed by atoms with E-state index in [0.29, 0.717) is 5.75 Å². The molecule has 2 atom stereocenters. The third kappa shape index (κ3) is 4.07. The van der Waals surface area contributed by atoms with Crippen molar-refractivity contribution in [1.82, 2.24) is 9.88 Å². The molecule has 0 aliphatic carbocycles. The lowest BCUT2D eigenvalue weighted by molar-refractivity contribution is 0.0570. The second-order valence-corrected chi connectivity index (χ2v) is 9.38. The van der Waals surface area contributed by atoms with E-state index in [1.165, 1.54) is 0 Å². The Morgan fingerprint density at radius 2 is 2.32 bits per heavy atom. The van der Waals surface area contributed by atoms with E-state index in [1.807, 2.05) is 0 Å². The SMILES string of the molecule is CCc1nc(CN(C[C@@H]2CCCO2)[C@@H]2CCS(=O)(=O)C2)cs1. The van der Waals surface area contributed by atoms with Gasteiger partial charge in [0.25, 0.3) is 0 Å². The highest BCUT2D eigenvalue weighted by Crippen LogP contribution is 2.23. The maximum absolute atomic E-state index is 11.8. The number of aryl methyl sites for hydroxylation is 1. The summed E-state index contributed by atoms with van der Waals surface area (Å²) in [6.07, 6.45) is 4.12. The van der Waals surface area contributed by atoms with Crippen LogP contribution < -0.4 is 0 Å². The summed E-state index contributed by atoms with van der Waals surface area (Å²) in [6.45, 7) is 4.49. The Morgan fingerprint density at radius 1 is 1.45 bits per heavy atom. The summed E-state index contributed by atoms with van der Waals surface area (Å²) < 4.78 is 29.4. The van der Waals surface area contributed by atoms with Crippen molar-refractivity contribution in [2.45, 2.75) is 51.3 Å². The van der Waals surface area contributed by atoms with Crippen LogP contribution in [0.25, 0.3) is 0 Å². The van der Waals surface area contributed by atoms with Gasteiger partial charge in [-0.25, -0.2) is 13.4 Å². The summed E-state index contributed by atoms with van der Waals surface area (Å²) >= 11 is 1.69. The highest BCUT2D eigenvalue weighted by molar-refractivity contribution is 7.91. The summed E-state index contributed by atoms with van der Waals surface area (Å²) in [5, 5.41) is 3.25. The van der Waals surface area contributed by atoms with E-state index < -0.39 is 9.84 Å². The van der Waals surface area contributed by atoms with Crippen molar-refractivity contribution in [3.63, 3.8) is 0 Å². The van der Waals surface area contributed by atoms with Crippen molar-refractivity contribution in [2.24, 2.45) is 0 Å². The predicted molar refractivity (Wildman–Crippen MR) is 87.9 cm³/mol. The van der Waals surface area contributed by atoms with Crippen LogP contribution in [0.15, 0.2) is 5.38 Å². The van der Waals surface area contributed by atoms with E-state index in [1.54, 1.807) is 11.3 Å². The minimum absolute atomic E-state index is 0.112. The maximum Gasteiger partial charge on any atom is 0.151 e. The van der Waals surface area contributed by atoms with E-state index >= 15 is 0 Å². The third-order valence-electron chi connectivity index (χ3n) is 4.45. The van der Waals surface area contributed by atoms with Gasteiger partial charge in [0, 0.05) is 31.1 Å². The van der Waals surface area contributed by atoms with Gasteiger partial charge >= 0.3 is 0 Å². The van der Waals surface area contributed by atoms with Crippen molar-refractivity contribution in [3.8, 4) is 0 Å². The summed E-state index contributed by atoms with van der Waals surface area (Å²) in [6, 6.07) is 0.112. The molecule has 1 aromatic heterocycles. The molecule has 0 unspecified atom stereocenters. The fourth-order valence-electron chi connectivity index (χ4n) is 3.25. The Labute approximate surface area is 136 Å². The van der Waals surface area contributed by atoms with Crippen molar-refractivity contribution >= 4 is 21.2 Å². The molecule has 0 N–H and O–H groups in total. The Balaban J connectivity index is 1.70. The van der Waals surface area contributed by atoms with E-state index in [0.717, 1.165) is 56.1 Å². The Bertz CT molecular complexity index is 594. The smallest absolute Gasteiger partial charge is 0.151 e. The van der Waals surface area contributed by atoms with E-state index in [-0.39, 0.29) is 17.9 Å². The first-order chi connectivity index (χ1) is 10.6. The molecule has 3 rings (SSSR count). The van der Waals surface area contributed by atoms with Crippen LogP contribution in [-0.2, 0) is 27.5 Å². The molecule has 0 amide bonds. The van der Waals surface area contributed by atoms with Gasteiger partial charge in [-0.05, 0) is 25.7 Å². The zero-order valence-electron chi connectivity index (χ0n) is 13.0. The standard InChI is InChI=1S/C15H24N2O3S2/c1-2-15-16-12(10-21-15)8-17(9-14-4-3-6-20-14)13-5-7-22(18,19)11-13/h10,13-14H,2-9,11H2,1H3/t13-,14+/m1/s1. The lowest BCUT2D eigenvalue weighted by Crippen LogP contribution is -2.40. The van der Waals surface area contributed by atoms with E-state index in [4.69, 9.17) is 4.74 Å². The number of aromatic nitrogens is 1. The van der Waals surface area contributed by atoms with Crippen LogP contribution >= 0.6 is 11.3 Å². The molecule has 2 aliphatic rings. The summed E-state index contributed by atoms with van der Waals surface area (Å²) in [7, 11) is -2.87. The summed E-state index contributed by atoms with van der Waals surface area (Å²) in [4.78, 5) is 6.92. The normalized spacial score (nSPS) is 27.7. The zero-order valence-corrected chi connectivity index (χ0v) is 14.7. The van der Waals surface area contributed by atoms with E-state index in [9.17, 15) is 8.42 Å². The topological polar surface area (TPSA) is 59.5 Å². The number of nitrogens with zero attached hydrogens (tertiary/aromatic N) is 2. The first-order valence-corrected chi connectivity index (χ1v) is 10.7. The molecule has 2 fully saturated rings. The minimum Gasteiger partial charge on any atom is -0.377 e. The number of hydrogen-bond donors (Lipinski definition) is 0. The fraction of sp³-hybridized carbons (Fsp3) is 0.800. The van der Waals surface area contributed by atoms with Gasteiger partial charge in [-0.2, -0.15) is 0 Å². The first kappa shape index (κ1) is 16.4. The van der Waals surface area contributed by atoms with Gasteiger partial charge < -0.3 is 4.74 Å². The lowest BCUT2D eigenvalue weighted by Gasteiger charge is -2.29. The van der Waals surface area contributed by atoms with Crippen LogP contribution in [0.5, 0.6) is 0 Å². The Hall–Kier alpha value is -0.500. The molecule has 124 valence electrons. The molecule has 0 saturated carbocycles. The lowest BCUT2D eigenvalue weighted by atomic mass is 10.1. The highest BCUT2D eigenvalue weighted by Gasteiger charge is 2.34.